The van der Waals surface area contributed by atoms with E-state index in [0.29, 0.717) is 12.3 Å². The van der Waals surface area contributed by atoms with E-state index in [1.807, 2.05) is 6.92 Å². The van der Waals surface area contributed by atoms with Crippen molar-refractivity contribution in [2.24, 2.45) is 0 Å². The molecule has 6 heteroatoms. The fraction of sp³-hybridized carbons (Fsp3) is 0.500. The van der Waals surface area contributed by atoms with Gasteiger partial charge in [-0.3, -0.25) is 4.79 Å². The van der Waals surface area contributed by atoms with Gasteiger partial charge >= 0.3 is 0 Å². The molecule has 112 valence electrons. The monoisotopic (exact) mass is 317 g/mol. The van der Waals surface area contributed by atoms with E-state index in [4.69, 9.17) is 11.6 Å². The number of halogens is 1. The molecule has 0 radical (unpaired) electrons. The maximum absolute atomic E-state index is 11.7. The second-order valence-corrected chi connectivity index (χ2v) is 7.17. The van der Waals surface area contributed by atoms with Crippen LogP contribution in [0, 0.1) is 0 Å². The summed E-state index contributed by atoms with van der Waals surface area (Å²) < 4.78 is 22.7. The maximum Gasteiger partial charge on any atom is 0.220 e. The van der Waals surface area contributed by atoms with Gasteiger partial charge in [-0.1, -0.05) is 12.1 Å². The smallest absolute Gasteiger partial charge is 0.220 e. The van der Waals surface area contributed by atoms with Crippen LogP contribution in [0.15, 0.2) is 29.2 Å². The second kappa shape index (κ2) is 7.64. The molecule has 0 aliphatic heterocycles. The molecule has 0 bridgehead atoms. The van der Waals surface area contributed by atoms with Crippen LogP contribution in [0.1, 0.15) is 37.8 Å². The Balaban J connectivity index is 2.60. The number of hydrogen-bond donors (Lipinski definition) is 1. The minimum Gasteiger partial charge on any atom is -0.350 e. The van der Waals surface area contributed by atoms with E-state index in [1.165, 1.54) is 6.26 Å². The van der Waals surface area contributed by atoms with Crippen LogP contribution in [0.4, 0.5) is 0 Å². The van der Waals surface area contributed by atoms with E-state index in [2.05, 4.69) is 5.32 Å². The molecule has 0 aromatic heterocycles. The third-order valence-electron chi connectivity index (χ3n) is 2.97. The maximum atomic E-state index is 11.7. The quantitative estimate of drug-likeness (QED) is 0.621. The van der Waals surface area contributed by atoms with Crippen molar-refractivity contribution in [3.05, 3.63) is 29.8 Å². The van der Waals surface area contributed by atoms with Crippen LogP contribution in [0.5, 0.6) is 0 Å². The van der Waals surface area contributed by atoms with Gasteiger partial charge in [0.15, 0.2) is 9.84 Å². The molecule has 1 atom stereocenters. The largest absolute Gasteiger partial charge is 0.350 e. The summed E-state index contributed by atoms with van der Waals surface area (Å²) in [5.41, 5.74) is 0.878. The fourth-order valence-electron chi connectivity index (χ4n) is 1.78. The number of sulfone groups is 1. The highest BCUT2D eigenvalue weighted by molar-refractivity contribution is 7.90. The molecule has 20 heavy (non-hydrogen) atoms. The molecule has 0 spiro atoms. The first-order valence-corrected chi connectivity index (χ1v) is 8.92. The first-order valence-electron chi connectivity index (χ1n) is 6.50. The average molecular weight is 318 g/mol. The van der Waals surface area contributed by atoms with E-state index < -0.39 is 9.84 Å². The van der Waals surface area contributed by atoms with Crippen molar-refractivity contribution in [2.75, 3.05) is 12.1 Å². The van der Waals surface area contributed by atoms with Crippen molar-refractivity contribution in [1.29, 1.82) is 0 Å². The zero-order valence-corrected chi connectivity index (χ0v) is 13.3. The van der Waals surface area contributed by atoms with Gasteiger partial charge in [0.05, 0.1) is 10.9 Å². The Hall–Kier alpha value is -1.07. The number of carbonyl (C=O) groups is 1. The first-order chi connectivity index (χ1) is 9.34. The lowest BCUT2D eigenvalue weighted by atomic mass is 10.1. The van der Waals surface area contributed by atoms with Crippen molar-refractivity contribution >= 4 is 27.3 Å². The summed E-state index contributed by atoms with van der Waals surface area (Å²) in [6, 6.07) is 6.41. The van der Waals surface area contributed by atoms with Crippen LogP contribution >= 0.6 is 11.6 Å². The summed E-state index contributed by atoms with van der Waals surface area (Å²) in [5, 5.41) is 2.88. The van der Waals surface area contributed by atoms with Crippen LogP contribution in [-0.2, 0) is 14.6 Å². The number of carbonyl (C=O) groups excluding carboxylic acids is 1. The van der Waals surface area contributed by atoms with Crippen molar-refractivity contribution in [3.63, 3.8) is 0 Å². The minimum absolute atomic E-state index is 0.0187. The predicted octanol–water partition coefficient (Wildman–Crippen LogP) is 2.68. The van der Waals surface area contributed by atoms with Gasteiger partial charge < -0.3 is 5.32 Å². The lowest BCUT2D eigenvalue weighted by molar-refractivity contribution is -0.121. The molecule has 1 aromatic carbocycles. The van der Waals surface area contributed by atoms with E-state index >= 15 is 0 Å². The number of nitrogens with one attached hydrogen (secondary N) is 1. The van der Waals surface area contributed by atoms with E-state index in [1.54, 1.807) is 24.3 Å². The molecule has 0 fully saturated rings. The van der Waals surface area contributed by atoms with Crippen molar-refractivity contribution < 1.29 is 13.2 Å². The Morgan fingerprint density at radius 3 is 2.35 bits per heavy atom. The highest BCUT2D eigenvalue weighted by Crippen LogP contribution is 2.16. The Kier molecular flexibility index (Phi) is 6.49. The third kappa shape index (κ3) is 5.51. The standard InChI is InChI=1S/C14H20ClNO3S/c1-11(16-14(17)5-3-4-10-15)12-6-8-13(9-7-12)20(2,18)19/h6-9,11H,3-5,10H2,1-2H3,(H,16,17). The topological polar surface area (TPSA) is 63.2 Å². The lowest BCUT2D eigenvalue weighted by Gasteiger charge is -2.14. The molecule has 1 N–H and O–H groups in total. The number of benzene rings is 1. The van der Waals surface area contributed by atoms with Gasteiger partial charge in [-0.2, -0.15) is 0 Å². The van der Waals surface area contributed by atoms with Crippen molar-refractivity contribution in [1.82, 2.24) is 5.32 Å². The molecule has 1 aromatic rings. The fourth-order valence-corrected chi connectivity index (χ4v) is 2.60. The number of unbranched alkanes of at least 4 members (excludes halogenated alkanes) is 1. The Morgan fingerprint density at radius 2 is 1.85 bits per heavy atom. The summed E-state index contributed by atoms with van der Waals surface area (Å²) in [6.45, 7) is 1.87. The molecule has 0 aliphatic rings. The Morgan fingerprint density at radius 1 is 1.25 bits per heavy atom. The molecule has 0 saturated carbocycles. The van der Waals surface area contributed by atoms with Gasteiger partial charge in [-0.15, -0.1) is 11.6 Å². The van der Waals surface area contributed by atoms with Crippen LogP contribution in [0.25, 0.3) is 0 Å². The van der Waals surface area contributed by atoms with E-state index in [-0.39, 0.29) is 16.8 Å². The average Bonchev–Trinajstić information content (AvgIpc) is 2.38. The summed E-state index contributed by atoms with van der Waals surface area (Å²) in [6.07, 6.45) is 3.23. The minimum atomic E-state index is -3.18. The van der Waals surface area contributed by atoms with Gasteiger partial charge in [-0.25, -0.2) is 8.42 Å². The van der Waals surface area contributed by atoms with Crippen LogP contribution in [0.2, 0.25) is 0 Å². The Bertz CT molecular complexity index is 540. The molecule has 0 heterocycles. The summed E-state index contributed by atoms with van der Waals surface area (Å²) in [5.74, 6) is 0.547. The summed E-state index contributed by atoms with van der Waals surface area (Å²) >= 11 is 5.56. The second-order valence-electron chi connectivity index (χ2n) is 4.78. The molecule has 4 nitrogen and oxygen atoms in total. The summed E-state index contributed by atoms with van der Waals surface area (Å²) in [4.78, 5) is 12.0. The number of hydrogen-bond acceptors (Lipinski definition) is 3. The van der Waals surface area contributed by atoms with Crippen molar-refractivity contribution in [3.8, 4) is 0 Å². The van der Waals surface area contributed by atoms with Gasteiger partial charge in [0.2, 0.25) is 5.91 Å². The van der Waals surface area contributed by atoms with Crippen LogP contribution < -0.4 is 5.32 Å². The molecule has 1 unspecified atom stereocenters. The van der Waals surface area contributed by atoms with Crippen LogP contribution in [0.3, 0.4) is 0 Å². The van der Waals surface area contributed by atoms with Crippen molar-refractivity contribution in [2.45, 2.75) is 37.1 Å². The molecule has 1 rings (SSSR count). The molecular weight excluding hydrogens is 298 g/mol. The highest BCUT2D eigenvalue weighted by atomic mass is 35.5. The summed E-state index contributed by atoms with van der Waals surface area (Å²) in [7, 11) is -3.18. The molecule has 1 amide bonds. The molecule has 0 aliphatic carbocycles. The molecular formula is C14H20ClNO3S. The highest BCUT2D eigenvalue weighted by Gasteiger charge is 2.11. The normalized spacial score (nSPS) is 12.9. The van der Waals surface area contributed by atoms with E-state index in [0.717, 1.165) is 18.4 Å². The molecule has 0 saturated heterocycles. The van der Waals surface area contributed by atoms with Crippen LogP contribution in [-0.4, -0.2) is 26.5 Å². The lowest BCUT2D eigenvalue weighted by Crippen LogP contribution is -2.26. The zero-order chi connectivity index (χ0) is 15.2. The predicted molar refractivity (Wildman–Crippen MR) is 80.7 cm³/mol. The zero-order valence-electron chi connectivity index (χ0n) is 11.7. The van der Waals surface area contributed by atoms with Gasteiger partial charge in [0, 0.05) is 18.6 Å². The van der Waals surface area contributed by atoms with Gasteiger partial charge in [0.25, 0.3) is 0 Å². The van der Waals surface area contributed by atoms with E-state index in [9.17, 15) is 13.2 Å². The van der Waals surface area contributed by atoms with Gasteiger partial charge in [-0.05, 0) is 37.5 Å². The number of amides is 1. The SMILES string of the molecule is CC(NC(=O)CCCCCl)c1ccc(S(C)(=O)=O)cc1. The third-order valence-corrected chi connectivity index (χ3v) is 4.37. The van der Waals surface area contributed by atoms with Gasteiger partial charge in [0.1, 0.15) is 0 Å². The Labute approximate surface area is 125 Å². The first kappa shape index (κ1) is 17.0. The number of alkyl halides is 1. The number of rotatable bonds is 7.